The minimum Gasteiger partial charge on any atom is -0.457 e. The number of hydrogen-bond acceptors (Lipinski definition) is 3. The van der Waals surface area contributed by atoms with E-state index in [9.17, 15) is 4.79 Å². The van der Waals surface area contributed by atoms with Gasteiger partial charge in [-0.2, -0.15) is 0 Å². The summed E-state index contributed by atoms with van der Waals surface area (Å²) in [7, 11) is 0. The number of carbonyl (C=O) groups excluding carboxylic acids is 1. The van der Waals surface area contributed by atoms with Gasteiger partial charge in [0.1, 0.15) is 11.5 Å². The molecule has 1 spiro atoms. The van der Waals surface area contributed by atoms with Crippen molar-refractivity contribution >= 4 is 5.91 Å². The van der Waals surface area contributed by atoms with E-state index >= 15 is 0 Å². The Morgan fingerprint density at radius 2 is 1.88 bits per heavy atom. The van der Waals surface area contributed by atoms with Crippen molar-refractivity contribution in [3.8, 4) is 11.5 Å². The maximum atomic E-state index is 12.8. The van der Waals surface area contributed by atoms with Crippen LogP contribution in [0.1, 0.15) is 23.2 Å². The second kappa shape index (κ2) is 6.29. The Balaban J connectivity index is 1.48. The molecular weight excluding hydrogens is 300 g/mol. The number of hydrogen-bond donors (Lipinski definition) is 1. The van der Waals surface area contributed by atoms with Crippen molar-refractivity contribution in [1.29, 1.82) is 0 Å². The topological polar surface area (TPSA) is 41.6 Å². The lowest BCUT2D eigenvalue weighted by molar-refractivity contribution is 0.0775. The van der Waals surface area contributed by atoms with Crippen LogP contribution in [-0.2, 0) is 0 Å². The Bertz CT molecular complexity index is 723. The Morgan fingerprint density at radius 3 is 2.67 bits per heavy atom. The van der Waals surface area contributed by atoms with Gasteiger partial charge in [0, 0.05) is 30.6 Å². The van der Waals surface area contributed by atoms with Crippen LogP contribution in [0.4, 0.5) is 0 Å². The second-order valence-corrected chi connectivity index (χ2v) is 6.85. The molecule has 124 valence electrons. The van der Waals surface area contributed by atoms with E-state index in [1.807, 2.05) is 59.5 Å². The third-order valence-electron chi connectivity index (χ3n) is 5.12. The largest absolute Gasteiger partial charge is 0.457 e. The third kappa shape index (κ3) is 3.02. The molecule has 24 heavy (non-hydrogen) atoms. The van der Waals surface area contributed by atoms with Crippen LogP contribution in [0.3, 0.4) is 0 Å². The fraction of sp³-hybridized carbons (Fsp3) is 0.350. The number of amides is 1. The zero-order valence-corrected chi connectivity index (χ0v) is 13.7. The lowest BCUT2D eigenvalue weighted by Crippen LogP contribution is -2.33. The maximum absolute atomic E-state index is 12.8. The summed E-state index contributed by atoms with van der Waals surface area (Å²) in [5, 5.41) is 3.43. The first-order valence-electron chi connectivity index (χ1n) is 8.57. The summed E-state index contributed by atoms with van der Waals surface area (Å²) in [6.07, 6.45) is 2.28. The molecule has 2 aromatic carbocycles. The SMILES string of the molecule is O=C(c1cccc(Oc2ccccc2)c1)N1CCC2(CCNC2)C1. The normalized spacial score (nSPS) is 22.9. The first-order chi connectivity index (χ1) is 11.7. The molecule has 4 rings (SSSR count). The minimum absolute atomic E-state index is 0.109. The number of likely N-dealkylation sites (tertiary alicyclic amines) is 1. The van der Waals surface area contributed by atoms with E-state index in [0.29, 0.717) is 16.7 Å². The maximum Gasteiger partial charge on any atom is 0.254 e. The van der Waals surface area contributed by atoms with Crippen LogP contribution in [0.15, 0.2) is 54.6 Å². The van der Waals surface area contributed by atoms with Crippen molar-refractivity contribution in [2.24, 2.45) is 5.41 Å². The summed E-state index contributed by atoms with van der Waals surface area (Å²) in [4.78, 5) is 14.8. The first kappa shape index (κ1) is 15.2. The van der Waals surface area contributed by atoms with Crippen molar-refractivity contribution in [3.05, 3.63) is 60.2 Å². The smallest absolute Gasteiger partial charge is 0.254 e. The Morgan fingerprint density at radius 1 is 1.04 bits per heavy atom. The lowest BCUT2D eigenvalue weighted by Gasteiger charge is -2.23. The number of para-hydroxylation sites is 1. The van der Waals surface area contributed by atoms with E-state index in [0.717, 1.165) is 38.3 Å². The van der Waals surface area contributed by atoms with Crippen LogP contribution in [-0.4, -0.2) is 37.0 Å². The van der Waals surface area contributed by atoms with E-state index in [4.69, 9.17) is 4.74 Å². The molecule has 0 radical (unpaired) electrons. The summed E-state index contributed by atoms with van der Waals surface area (Å²) < 4.78 is 5.84. The molecule has 2 fully saturated rings. The zero-order chi connectivity index (χ0) is 16.4. The predicted octanol–water partition coefficient (Wildman–Crippen LogP) is 3.30. The minimum atomic E-state index is 0.109. The quantitative estimate of drug-likeness (QED) is 0.943. The molecular formula is C20H22N2O2. The summed E-state index contributed by atoms with van der Waals surface area (Å²) >= 11 is 0. The molecule has 2 aliphatic heterocycles. The highest BCUT2D eigenvalue weighted by molar-refractivity contribution is 5.94. The Hall–Kier alpha value is -2.33. The lowest BCUT2D eigenvalue weighted by atomic mass is 9.86. The molecule has 0 aromatic heterocycles. The fourth-order valence-electron chi connectivity index (χ4n) is 3.75. The summed E-state index contributed by atoms with van der Waals surface area (Å²) in [6.45, 7) is 3.82. The van der Waals surface area contributed by atoms with Gasteiger partial charge in [0.15, 0.2) is 0 Å². The van der Waals surface area contributed by atoms with Gasteiger partial charge in [0.05, 0.1) is 0 Å². The zero-order valence-electron chi connectivity index (χ0n) is 13.7. The summed E-state index contributed by atoms with van der Waals surface area (Å²) in [6, 6.07) is 17.1. The molecule has 2 aromatic rings. The highest BCUT2D eigenvalue weighted by Crippen LogP contribution is 2.36. The number of nitrogens with one attached hydrogen (secondary N) is 1. The summed E-state index contributed by atoms with van der Waals surface area (Å²) in [5.41, 5.74) is 1.000. The molecule has 4 heteroatoms. The highest BCUT2D eigenvalue weighted by atomic mass is 16.5. The van der Waals surface area contributed by atoms with Crippen LogP contribution >= 0.6 is 0 Å². The fourth-order valence-corrected chi connectivity index (χ4v) is 3.75. The van der Waals surface area contributed by atoms with Crippen molar-refractivity contribution in [2.45, 2.75) is 12.8 Å². The van der Waals surface area contributed by atoms with E-state index < -0.39 is 0 Å². The van der Waals surface area contributed by atoms with E-state index in [2.05, 4.69) is 5.32 Å². The van der Waals surface area contributed by atoms with E-state index in [-0.39, 0.29) is 5.91 Å². The molecule has 2 saturated heterocycles. The van der Waals surface area contributed by atoms with E-state index in [1.165, 1.54) is 6.42 Å². The van der Waals surface area contributed by atoms with Gasteiger partial charge in [-0.15, -0.1) is 0 Å². The average molecular weight is 322 g/mol. The van der Waals surface area contributed by atoms with Crippen LogP contribution in [0.25, 0.3) is 0 Å². The van der Waals surface area contributed by atoms with Gasteiger partial charge in [-0.1, -0.05) is 24.3 Å². The number of carbonyl (C=O) groups is 1. The highest BCUT2D eigenvalue weighted by Gasteiger charge is 2.41. The van der Waals surface area contributed by atoms with Gasteiger partial charge in [-0.3, -0.25) is 4.79 Å². The number of rotatable bonds is 3. The van der Waals surface area contributed by atoms with Crippen LogP contribution in [0.5, 0.6) is 11.5 Å². The first-order valence-corrected chi connectivity index (χ1v) is 8.57. The molecule has 0 aliphatic carbocycles. The van der Waals surface area contributed by atoms with Gasteiger partial charge in [-0.05, 0) is 49.7 Å². The molecule has 2 heterocycles. The number of benzene rings is 2. The molecule has 0 bridgehead atoms. The second-order valence-electron chi connectivity index (χ2n) is 6.85. The van der Waals surface area contributed by atoms with Crippen molar-refractivity contribution in [2.75, 3.05) is 26.2 Å². The Kier molecular flexibility index (Phi) is 3.98. The average Bonchev–Trinajstić information content (AvgIpc) is 3.26. The van der Waals surface area contributed by atoms with Crippen LogP contribution < -0.4 is 10.1 Å². The molecule has 1 amide bonds. The van der Waals surface area contributed by atoms with Crippen molar-refractivity contribution in [3.63, 3.8) is 0 Å². The molecule has 2 aliphatic rings. The molecule has 1 unspecified atom stereocenters. The third-order valence-corrected chi connectivity index (χ3v) is 5.12. The van der Waals surface area contributed by atoms with Crippen LogP contribution in [0, 0.1) is 5.41 Å². The standard InChI is InChI=1S/C20H22N2O2/c23-19(22-12-10-20(15-22)9-11-21-14-20)16-5-4-8-18(13-16)24-17-6-2-1-3-7-17/h1-8,13,21H,9-12,14-15H2. The van der Waals surface area contributed by atoms with Crippen molar-refractivity contribution in [1.82, 2.24) is 10.2 Å². The Labute approximate surface area is 142 Å². The number of nitrogens with zero attached hydrogens (tertiary/aromatic N) is 1. The van der Waals surface area contributed by atoms with Crippen molar-refractivity contribution < 1.29 is 9.53 Å². The van der Waals surface area contributed by atoms with Crippen LogP contribution in [0.2, 0.25) is 0 Å². The summed E-state index contributed by atoms with van der Waals surface area (Å²) in [5.74, 6) is 1.58. The molecule has 1 N–H and O–H groups in total. The van der Waals surface area contributed by atoms with E-state index in [1.54, 1.807) is 0 Å². The monoisotopic (exact) mass is 322 g/mol. The number of ether oxygens (including phenoxy) is 1. The van der Waals surface area contributed by atoms with Gasteiger partial charge in [0.25, 0.3) is 5.91 Å². The molecule has 4 nitrogen and oxygen atoms in total. The molecule has 1 atom stereocenters. The molecule has 0 saturated carbocycles. The van der Waals surface area contributed by atoms with Gasteiger partial charge in [0.2, 0.25) is 0 Å². The van der Waals surface area contributed by atoms with Gasteiger partial charge in [-0.25, -0.2) is 0 Å². The van der Waals surface area contributed by atoms with Gasteiger partial charge < -0.3 is 15.0 Å². The predicted molar refractivity (Wildman–Crippen MR) is 93.4 cm³/mol. The van der Waals surface area contributed by atoms with Gasteiger partial charge >= 0.3 is 0 Å².